The lowest BCUT2D eigenvalue weighted by Gasteiger charge is -2.32. The highest BCUT2D eigenvalue weighted by Gasteiger charge is 2.34. The average molecular weight is 298 g/mol. The molecule has 0 aromatic carbocycles. The minimum Gasteiger partial charge on any atom is -0.468 e. The first-order chi connectivity index (χ1) is 9.87. The molecule has 1 aliphatic heterocycles. The highest BCUT2D eigenvalue weighted by molar-refractivity contribution is 5.80. The zero-order valence-electron chi connectivity index (χ0n) is 14.6. The first-order valence-corrected chi connectivity index (χ1v) is 8.46. The predicted octanol–water partition coefficient (Wildman–Crippen LogP) is 2.82. The number of hydrogen-bond donors (Lipinski definition) is 1. The largest absolute Gasteiger partial charge is 0.468 e. The molecule has 0 aliphatic carbocycles. The van der Waals surface area contributed by atoms with Gasteiger partial charge in [-0.15, -0.1) is 0 Å². The maximum absolute atomic E-state index is 12.0. The number of methoxy groups -OCH3 is 1. The molecule has 0 amide bonds. The SMILES string of the molecule is COC(=O)C(C)(CCCCN1CCCC(C)C1)NC(C)C. The van der Waals surface area contributed by atoms with Crippen LogP contribution in [0.4, 0.5) is 0 Å². The number of carbonyl (C=O) groups excluding carboxylic acids is 1. The average Bonchev–Trinajstić information content (AvgIpc) is 2.42. The van der Waals surface area contributed by atoms with Gasteiger partial charge in [0.05, 0.1) is 7.11 Å². The second kappa shape index (κ2) is 8.74. The third-order valence-electron chi connectivity index (χ3n) is 4.39. The Morgan fingerprint density at radius 2 is 2.14 bits per heavy atom. The molecule has 0 saturated carbocycles. The molecule has 1 fully saturated rings. The fraction of sp³-hybridized carbons (Fsp3) is 0.941. The molecule has 2 unspecified atom stereocenters. The van der Waals surface area contributed by atoms with Gasteiger partial charge in [0, 0.05) is 12.6 Å². The quantitative estimate of drug-likeness (QED) is 0.553. The third-order valence-corrected chi connectivity index (χ3v) is 4.39. The van der Waals surface area contributed by atoms with Crippen LogP contribution in [0.1, 0.15) is 59.8 Å². The number of nitrogens with one attached hydrogen (secondary N) is 1. The van der Waals surface area contributed by atoms with E-state index in [0.29, 0.717) is 0 Å². The Morgan fingerprint density at radius 1 is 1.43 bits per heavy atom. The molecule has 2 atom stereocenters. The Kier molecular flexibility index (Phi) is 7.67. The number of unbranched alkanes of at least 4 members (excludes halogenated alkanes) is 1. The Labute approximate surface area is 130 Å². The summed E-state index contributed by atoms with van der Waals surface area (Å²) in [6, 6.07) is 0.275. The van der Waals surface area contributed by atoms with E-state index in [9.17, 15) is 4.79 Å². The van der Waals surface area contributed by atoms with Gasteiger partial charge >= 0.3 is 5.97 Å². The molecule has 1 N–H and O–H groups in total. The summed E-state index contributed by atoms with van der Waals surface area (Å²) in [5.74, 6) is 0.685. The maximum Gasteiger partial charge on any atom is 0.325 e. The summed E-state index contributed by atoms with van der Waals surface area (Å²) in [5, 5.41) is 3.36. The fourth-order valence-corrected chi connectivity index (χ4v) is 3.40. The Bertz CT molecular complexity index is 320. The molecule has 1 saturated heterocycles. The van der Waals surface area contributed by atoms with Crippen molar-refractivity contribution in [2.75, 3.05) is 26.7 Å². The van der Waals surface area contributed by atoms with Crippen LogP contribution in [0.5, 0.6) is 0 Å². The minimum atomic E-state index is -0.557. The summed E-state index contributed by atoms with van der Waals surface area (Å²) in [6.45, 7) is 12.1. The van der Waals surface area contributed by atoms with Crippen molar-refractivity contribution in [1.29, 1.82) is 0 Å². The van der Waals surface area contributed by atoms with Crippen LogP contribution in [-0.2, 0) is 9.53 Å². The van der Waals surface area contributed by atoms with Crippen LogP contribution in [0.2, 0.25) is 0 Å². The number of hydrogen-bond acceptors (Lipinski definition) is 4. The fourth-order valence-electron chi connectivity index (χ4n) is 3.40. The molecule has 124 valence electrons. The summed E-state index contributed by atoms with van der Waals surface area (Å²) in [6.07, 6.45) is 5.74. The number of carbonyl (C=O) groups is 1. The second-order valence-electron chi connectivity index (χ2n) is 7.13. The first kappa shape index (κ1) is 18.4. The summed E-state index contributed by atoms with van der Waals surface area (Å²) >= 11 is 0. The van der Waals surface area contributed by atoms with Crippen LogP contribution in [0.3, 0.4) is 0 Å². The minimum absolute atomic E-state index is 0.150. The monoisotopic (exact) mass is 298 g/mol. The lowest BCUT2D eigenvalue weighted by molar-refractivity contribution is -0.148. The number of ether oxygens (including phenoxy) is 1. The molecule has 4 heteroatoms. The van der Waals surface area contributed by atoms with Crippen LogP contribution < -0.4 is 5.32 Å². The van der Waals surface area contributed by atoms with Crippen molar-refractivity contribution >= 4 is 5.97 Å². The van der Waals surface area contributed by atoms with Crippen LogP contribution >= 0.6 is 0 Å². The zero-order valence-corrected chi connectivity index (χ0v) is 14.6. The molecule has 0 spiro atoms. The van der Waals surface area contributed by atoms with E-state index in [2.05, 4.69) is 31.0 Å². The first-order valence-electron chi connectivity index (χ1n) is 8.46. The molecule has 0 bridgehead atoms. The van der Waals surface area contributed by atoms with Crippen molar-refractivity contribution in [2.45, 2.75) is 71.4 Å². The van der Waals surface area contributed by atoms with E-state index in [1.165, 1.54) is 33.0 Å². The number of piperidine rings is 1. The van der Waals surface area contributed by atoms with Gasteiger partial charge in [-0.3, -0.25) is 10.1 Å². The molecule has 0 radical (unpaired) electrons. The van der Waals surface area contributed by atoms with Gasteiger partial charge in [0.25, 0.3) is 0 Å². The van der Waals surface area contributed by atoms with Gasteiger partial charge in [-0.1, -0.05) is 6.92 Å². The van der Waals surface area contributed by atoms with Crippen molar-refractivity contribution < 1.29 is 9.53 Å². The van der Waals surface area contributed by atoms with Crippen molar-refractivity contribution in [3.8, 4) is 0 Å². The molecule has 1 aliphatic rings. The van der Waals surface area contributed by atoms with E-state index < -0.39 is 5.54 Å². The molecule has 1 rings (SSSR count). The predicted molar refractivity (Wildman–Crippen MR) is 87.4 cm³/mol. The van der Waals surface area contributed by atoms with Crippen molar-refractivity contribution in [1.82, 2.24) is 10.2 Å². The Morgan fingerprint density at radius 3 is 2.71 bits per heavy atom. The van der Waals surface area contributed by atoms with Gasteiger partial charge < -0.3 is 9.64 Å². The Hall–Kier alpha value is -0.610. The highest BCUT2D eigenvalue weighted by Crippen LogP contribution is 2.19. The molecular formula is C17H34N2O2. The third kappa shape index (κ3) is 6.35. The van der Waals surface area contributed by atoms with Gasteiger partial charge in [-0.2, -0.15) is 0 Å². The standard InChI is InChI=1S/C17H34N2O2/c1-14(2)18-17(4,16(20)21-5)10-6-7-11-19-12-8-9-15(3)13-19/h14-15,18H,6-13H2,1-5H3. The van der Waals surface area contributed by atoms with E-state index >= 15 is 0 Å². The topological polar surface area (TPSA) is 41.6 Å². The lowest BCUT2D eigenvalue weighted by atomic mass is 9.93. The summed E-state index contributed by atoms with van der Waals surface area (Å²) in [4.78, 5) is 14.6. The van der Waals surface area contributed by atoms with E-state index in [-0.39, 0.29) is 12.0 Å². The summed E-state index contributed by atoms with van der Waals surface area (Å²) in [5.41, 5.74) is -0.557. The van der Waals surface area contributed by atoms with E-state index in [4.69, 9.17) is 4.74 Å². The van der Waals surface area contributed by atoms with Crippen molar-refractivity contribution in [2.24, 2.45) is 5.92 Å². The van der Waals surface area contributed by atoms with Crippen LogP contribution in [0.25, 0.3) is 0 Å². The number of likely N-dealkylation sites (tertiary alicyclic amines) is 1. The van der Waals surface area contributed by atoms with Crippen LogP contribution in [0, 0.1) is 5.92 Å². The molecule has 4 nitrogen and oxygen atoms in total. The molecule has 0 aromatic heterocycles. The second-order valence-corrected chi connectivity index (χ2v) is 7.13. The molecule has 21 heavy (non-hydrogen) atoms. The van der Waals surface area contributed by atoms with E-state index in [0.717, 1.165) is 31.7 Å². The lowest BCUT2D eigenvalue weighted by Crippen LogP contribution is -2.53. The smallest absolute Gasteiger partial charge is 0.325 e. The van der Waals surface area contributed by atoms with E-state index in [1.54, 1.807) is 0 Å². The normalized spacial score (nSPS) is 23.0. The summed E-state index contributed by atoms with van der Waals surface area (Å²) < 4.78 is 4.97. The zero-order chi connectivity index (χ0) is 15.9. The van der Waals surface area contributed by atoms with Gasteiger partial charge in [0.15, 0.2) is 0 Å². The van der Waals surface area contributed by atoms with E-state index in [1.807, 2.05) is 6.92 Å². The summed E-state index contributed by atoms with van der Waals surface area (Å²) in [7, 11) is 1.47. The van der Waals surface area contributed by atoms with Crippen molar-refractivity contribution in [3.63, 3.8) is 0 Å². The van der Waals surface area contributed by atoms with Crippen molar-refractivity contribution in [3.05, 3.63) is 0 Å². The highest BCUT2D eigenvalue weighted by atomic mass is 16.5. The van der Waals surface area contributed by atoms with Crippen LogP contribution in [-0.4, -0.2) is 49.2 Å². The number of rotatable bonds is 8. The van der Waals surface area contributed by atoms with Gasteiger partial charge in [-0.05, 0) is 71.9 Å². The number of nitrogens with zero attached hydrogens (tertiary/aromatic N) is 1. The van der Waals surface area contributed by atoms with Crippen LogP contribution in [0.15, 0.2) is 0 Å². The number of esters is 1. The van der Waals surface area contributed by atoms with Gasteiger partial charge in [-0.25, -0.2) is 0 Å². The Balaban J connectivity index is 2.34. The van der Waals surface area contributed by atoms with Gasteiger partial charge in [0.2, 0.25) is 0 Å². The van der Waals surface area contributed by atoms with Gasteiger partial charge in [0.1, 0.15) is 5.54 Å². The molecule has 0 aromatic rings. The maximum atomic E-state index is 12.0. The molecule has 1 heterocycles. The molecular weight excluding hydrogens is 264 g/mol.